The van der Waals surface area contributed by atoms with E-state index in [2.05, 4.69) is 4.72 Å². The van der Waals surface area contributed by atoms with Gasteiger partial charge < -0.3 is 5.11 Å². The molecule has 0 aliphatic heterocycles. The van der Waals surface area contributed by atoms with Crippen LogP contribution in [0.3, 0.4) is 0 Å². The monoisotopic (exact) mass is 272 g/mol. The largest absolute Gasteiger partial charge is 0.393 e. The van der Waals surface area contributed by atoms with Crippen LogP contribution in [0, 0.1) is 10.1 Å². The summed E-state index contributed by atoms with van der Waals surface area (Å²) in [5, 5.41) is 19.5. The number of aliphatic hydroxyl groups is 1. The molecule has 1 saturated carbocycles. The maximum absolute atomic E-state index is 11.9. The van der Waals surface area contributed by atoms with Crippen molar-refractivity contribution in [2.24, 2.45) is 0 Å². The van der Waals surface area contributed by atoms with Crippen LogP contribution in [0.2, 0.25) is 0 Å². The van der Waals surface area contributed by atoms with Crippen molar-refractivity contribution in [3.8, 4) is 0 Å². The predicted molar refractivity (Wildman–Crippen MR) is 62.4 cm³/mol. The number of nitro groups is 1. The van der Waals surface area contributed by atoms with Gasteiger partial charge in [0.15, 0.2) is 0 Å². The van der Waals surface area contributed by atoms with Gasteiger partial charge >= 0.3 is 0 Å². The molecule has 98 valence electrons. The van der Waals surface area contributed by atoms with Crippen molar-refractivity contribution in [2.75, 3.05) is 0 Å². The van der Waals surface area contributed by atoms with E-state index in [0.29, 0.717) is 12.8 Å². The maximum Gasteiger partial charge on any atom is 0.269 e. The Labute approximate surface area is 104 Å². The molecule has 1 aromatic rings. The van der Waals surface area contributed by atoms with Crippen molar-refractivity contribution >= 4 is 15.7 Å². The third-order valence-corrected chi connectivity index (χ3v) is 4.33. The van der Waals surface area contributed by atoms with E-state index < -0.39 is 21.1 Å². The van der Waals surface area contributed by atoms with Crippen LogP contribution in [-0.4, -0.2) is 30.6 Å². The van der Waals surface area contributed by atoms with E-state index in [1.54, 1.807) is 0 Å². The molecule has 0 amide bonds. The van der Waals surface area contributed by atoms with E-state index in [1.807, 2.05) is 0 Å². The first-order valence-electron chi connectivity index (χ1n) is 5.33. The normalized spacial score (nSPS) is 23.4. The first-order chi connectivity index (χ1) is 8.38. The van der Waals surface area contributed by atoms with Crippen LogP contribution < -0.4 is 4.72 Å². The highest BCUT2D eigenvalue weighted by atomic mass is 32.2. The van der Waals surface area contributed by atoms with Crippen LogP contribution >= 0.6 is 0 Å². The van der Waals surface area contributed by atoms with Crippen LogP contribution in [0.5, 0.6) is 0 Å². The third-order valence-electron chi connectivity index (χ3n) is 2.79. The lowest BCUT2D eigenvalue weighted by Crippen LogP contribution is -2.46. The van der Waals surface area contributed by atoms with Crippen LogP contribution in [0.25, 0.3) is 0 Å². The Morgan fingerprint density at radius 3 is 2.28 bits per heavy atom. The first kappa shape index (κ1) is 12.9. The number of aliphatic hydroxyl groups excluding tert-OH is 1. The molecule has 0 radical (unpaired) electrons. The summed E-state index contributed by atoms with van der Waals surface area (Å²) in [6.45, 7) is 0. The molecule has 1 aliphatic carbocycles. The Balaban J connectivity index is 2.12. The van der Waals surface area contributed by atoms with E-state index in [1.165, 1.54) is 12.1 Å². The van der Waals surface area contributed by atoms with Crippen LogP contribution in [0.4, 0.5) is 5.69 Å². The minimum absolute atomic E-state index is 0.0190. The highest BCUT2D eigenvalue weighted by Gasteiger charge is 2.31. The quantitative estimate of drug-likeness (QED) is 0.609. The van der Waals surface area contributed by atoms with E-state index in [0.717, 1.165) is 12.1 Å². The van der Waals surface area contributed by atoms with Crippen LogP contribution in [0.15, 0.2) is 29.2 Å². The van der Waals surface area contributed by atoms with Crippen molar-refractivity contribution < 1.29 is 18.4 Å². The Morgan fingerprint density at radius 1 is 1.28 bits per heavy atom. The highest BCUT2D eigenvalue weighted by Crippen LogP contribution is 2.22. The molecular weight excluding hydrogens is 260 g/mol. The SMILES string of the molecule is O=[N+]([O-])c1ccc(S(=O)(=O)NC2CC(O)C2)cc1. The Kier molecular flexibility index (Phi) is 3.33. The molecule has 0 unspecified atom stereocenters. The van der Waals surface area contributed by atoms with Crippen LogP contribution in [-0.2, 0) is 10.0 Å². The second-order valence-electron chi connectivity index (χ2n) is 4.19. The summed E-state index contributed by atoms with van der Waals surface area (Å²) < 4.78 is 26.2. The van der Waals surface area contributed by atoms with E-state index in [4.69, 9.17) is 5.11 Å². The number of hydrogen-bond acceptors (Lipinski definition) is 5. The summed E-state index contributed by atoms with van der Waals surface area (Å²) in [5.41, 5.74) is -0.159. The zero-order valence-electron chi connectivity index (χ0n) is 9.31. The zero-order valence-corrected chi connectivity index (χ0v) is 10.1. The lowest BCUT2D eigenvalue weighted by atomic mass is 9.91. The number of nitrogens with zero attached hydrogens (tertiary/aromatic N) is 1. The van der Waals surface area contributed by atoms with Gasteiger partial charge in [-0.3, -0.25) is 10.1 Å². The molecule has 0 atom stereocenters. The number of sulfonamides is 1. The number of nitrogens with one attached hydrogen (secondary N) is 1. The summed E-state index contributed by atoms with van der Waals surface area (Å²) in [7, 11) is -3.67. The number of nitro benzene ring substituents is 1. The molecule has 18 heavy (non-hydrogen) atoms. The minimum Gasteiger partial charge on any atom is -0.393 e. The maximum atomic E-state index is 11.9. The highest BCUT2D eigenvalue weighted by molar-refractivity contribution is 7.89. The number of non-ortho nitro benzene ring substituents is 1. The average molecular weight is 272 g/mol. The molecule has 1 aromatic carbocycles. The summed E-state index contributed by atoms with van der Waals surface area (Å²) in [6.07, 6.45) is 0.341. The second kappa shape index (κ2) is 4.63. The molecule has 1 aliphatic rings. The topological polar surface area (TPSA) is 110 Å². The van der Waals surface area contributed by atoms with Crippen molar-refractivity contribution in [2.45, 2.75) is 29.9 Å². The van der Waals surface area contributed by atoms with Gasteiger partial charge in [-0.2, -0.15) is 0 Å². The zero-order chi connectivity index (χ0) is 13.3. The molecule has 0 spiro atoms. The number of hydrogen-bond donors (Lipinski definition) is 2. The molecular formula is C10H12N2O5S. The van der Waals surface area contributed by atoms with E-state index in [9.17, 15) is 18.5 Å². The van der Waals surface area contributed by atoms with Gasteiger partial charge in [-0.1, -0.05) is 0 Å². The second-order valence-corrected chi connectivity index (χ2v) is 5.91. The minimum atomic E-state index is -3.67. The van der Waals surface area contributed by atoms with Gasteiger partial charge in [0.05, 0.1) is 15.9 Å². The fraction of sp³-hybridized carbons (Fsp3) is 0.400. The molecule has 0 bridgehead atoms. The molecule has 8 heteroatoms. The van der Waals surface area contributed by atoms with Crippen molar-refractivity contribution in [3.63, 3.8) is 0 Å². The van der Waals surface area contributed by atoms with Crippen molar-refractivity contribution in [1.82, 2.24) is 4.72 Å². The summed E-state index contributed by atoms with van der Waals surface area (Å²) in [5.74, 6) is 0. The molecule has 0 saturated heterocycles. The molecule has 1 fully saturated rings. The van der Waals surface area contributed by atoms with Crippen LogP contribution in [0.1, 0.15) is 12.8 Å². The number of benzene rings is 1. The first-order valence-corrected chi connectivity index (χ1v) is 6.81. The fourth-order valence-corrected chi connectivity index (χ4v) is 2.98. The summed E-state index contributed by atoms with van der Waals surface area (Å²) >= 11 is 0. The van der Waals surface area contributed by atoms with Gasteiger partial charge in [0.25, 0.3) is 5.69 Å². The number of rotatable bonds is 4. The van der Waals surface area contributed by atoms with Gasteiger partial charge in [0, 0.05) is 18.2 Å². The van der Waals surface area contributed by atoms with Gasteiger partial charge in [0.2, 0.25) is 10.0 Å². The molecule has 0 heterocycles. The lowest BCUT2D eigenvalue weighted by Gasteiger charge is -2.31. The Bertz CT molecular complexity index is 548. The van der Waals surface area contributed by atoms with Crippen molar-refractivity contribution in [1.29, 1.82) is 0 Å². The smallest absolute Gasteiger partial charge is 0.269 e. The fourth-order valence-electron chi connectivity index (χ4n) is 1.72. The van der Waals surface area contributed by atoms with Crippen molar-refractivity contribution in [3.05, 3.63) is 34.4 Å². The van der Waals surface area contributed by atoms with E-state index in [-0.39, 0.29) is 16.6 Å². The summed E-state index contributed by atoms with van der Waals surface area (Å²) in [4.78, 5) is 9.83. The molecule has 2 N–H and O–H groups in total. The average Bonchev–Trinajstić information content (AvgIpc) is 2.27. The predicted octanol–water partition coefficient (Wildman–Crippen LogP) is 0.396. The molecule has 0 aromatic heterocycles. The van der Waals surface area contributed by atoms with Gasteiger partial charge in [0.1, 0.15) is 0 Å². The lowest BCUT2D eigenvalue weighted by molar-refractivity contribution is -0.384. The molecule has 2 rings (SSSR count). The standard InChI is InChI=1S/C10H12N2O5S/c13-9-5-7(6-9)11-18(16,17)10-3-1-8(2-4-10)12(14)15/h1-4,7,9,11,13H,5-6H2. The Hall–Kier alpha value is -1.51. The van der Waals surface area contributed by atoms with E-state index >= 15 is 0 Å². The van der Waals surface area contributed by atoms with Gasteiger partial charge in [-0.15, -0.1) is 0 Å². The Morgan fingerprint density at radius 2 is 1.83 bits per heavy atom. The van der Waals surface area contributed by atoms with Gasteiger partial charge in [-0.25, -0.2) is 13.1 Å². The third kappa shape index (κ3) is 2.66. The summed E-state index contributed by atoms with van der Waals surface area (Å²) in [6, 6.07) is 4.40. The molecule has 7 nitrogen and oxygen atoms in total. The van der Waals surface area contributed by atoms with Gasteiger partial charge in [-0.05, 0) is 25.0 Å².